The van der Waals surface area contributed by atoms with E-state index in [1.54, 1.807) is 0 Å². The summed E-state index contributed by atoms with van der Waals surface area (Å²) >= 11 is 5.00. The zero-order valence-corrected chi connectivity index (χ0v) is 11.7. The van der Waals surface area contributed by atoms with E-state index in [0.717, 1.165) is 23.2 Å². The Morgan fingerprint density at radius 2 is 2.12 bits per heavy atom. The fourth-order valence-corrected chi connectivity index (χ4v) is 2.22. The number of nitrogens with one attached hydrogen (secondary N) is 1. The molecule has 0 radical (unpaired) electrons. The van der Waals surface area contributed by atoms with Crippen LogP contribution in [0.5, 0.6) is 0 Å². The molecule has 0 saturated carbocycles. The summed E-state index contributed by atoms with van der Waals surface area (Å²) in [6.07, 6.45) is 3.55. The fourth-order valence-electron chi connectivity index (χ4n) is 1.99. The molecule has 1 aromatic carbocycles. The first-order chi connectivity index (χ1) is 8.08. The van der Waals surface area contributed by atoms with E-state index in [9.17, 15) is 0 Å². The van der Waals surface area contributed by atoms with Gasteiger partial charge in [0.2, 0.25) is 0 Å². The van der Waals surface area contributed by atoms with Crippen molar-refractivity contribution in [3.05, 3.63) is 29.3 Å². The molecule has 0 aromatic heterocycles. The summed E-state index contributed by atoms with van der Waals surface area (Å²) in [6, 6.07) is 6.72. The molecule has 3 N–H and O–H groups in total. The second kappa shape index (κ2) is 6.60. The monoisotopic (exact) mass is 250 g/mol. The van der Waals surface area contributed by atoms with Crippen LogP contribution in [0, 0.1) is 6.92 Å². The van der Waals surface area contributed by atoms with E-state index in [1.807, 2.05) is 13.0 Å². The van der Waals surface area contributed by atoms with E-state index in [4.69, 9.17) is 18.0 Å². The molecule has 1 unspecified atom stereocenters. The lowest BCUT2D eigenvalue weighted by Crippen LogP contribution is -2.18. The van der Waals surface area contributed by atoms with Crippen LogP contribution in [0.1, 0.15) is 44.2 Å². The number of aryl methyl sites for hydroxylation is 1. The van der Waals surface area contributed by atoms with Crippen LogP contribution in [0.4, 0.5) is 5.69 Å². The third-order valence-electron chi connectivity index (χ3n) is 2.99. The molecule has 2 nitrogen and oxygen atoms in total. The minimum atomic E-state index is 0.467. The summed E-state index contributed by atoms with van der Waals surface area (Å²) < 4.78 is 0. The van der Waals surface area contributed by atoms with Gasteiger partial charge in [-0.3, -0.25) is 0 Å². The van der Waals surface area contributed by atoms with Gasteiger partial charge in [-0.25, -0.2) is 0 Å². The van der Waals surface area contributed by atoms with Crippen LogP contribution in [0.3, 0.4) is 0 Å². The first-order valence-electron chi connectivity index (χ1n) is 6.25. The lowest BCUT2D eigenvalue weighted by Gasteiger charge is -2.18. The van der Waals surface area contributed by atoms with E-state index < -0.39 is 0 Å². The Bertz CT molecular complexity index is 388. The molecular formula is C14H22N2S. The van der Waals surface area contributed by atoms with Gasteiger partial charge in [0.1, 0.15) is 4.99 Å². The van der Waals surface area contributed by atoms with Gasteiger partial charge in [-0.1, -0.05) is 32.5 Å². The Balaban J connectivity index is 2.79. The Labute approximate surface area is 110 Å². The summed E-state index contributed by atoms with van der Waals surface area (Å²) in [5, 5.41) is 3.55. The van der Waals surface area contributed by atoms with Crippen molar-refractivity contribution in [1.82, 2.24) is 0 Å². The van der Waals surface area contributed by atoms with Gasteiger partial charge < -0.3 is 11.1 Å². The molecule has 94 valence electrons. The van der Waals surface area contributed by atoms with Crippen molar-refractivity contribution < 1.29 is 0 Å². The zero-order valence-electron chi connectivity index (χ0n) is 10.9. The summed E-state index contributed by atoms with van der Waals surface area (Å²) in [6.45, 7) is 6.47. The van der Waals surface area contributed by atoms with Crippen molar-refractivity contribution in [1.29, 1.82) is 0 Å². The Hall–Kier alpha value is -1.09. The molecule has 1 atom stereocenters. The van der Waals surface area contributed by atoms with Gasteiger partial charge in [-0.05, 0) is 43.5 Å². The van der Waals surface area contributed by atoms with Gasteiger partial charge in [0, 0.05) is 17.3 Å². The summed E-state index contributed by atoms with van der Waals surface area (Å²) in [4.78, 5) is 0.467. The quantitative estimate of drug-likeness (QED) is 0.757. The molecule has 0 heterocycles. The molecule has 0 spiro atoms. The number of hydrogen-bond donors (Lipinski definition) is 2. The lowest BCUT2D eigenvalue weighted by molar-refractivity contribution is 0.623. The number of hydrogen-bond acceptors (Lipinski definition) is 2. The maximum absolute atomic E-state index is 5.65. The van der Waals surface area contributed by atoms with Gasteiger partial charge >= 0.3 is 0 Å². The van der Waals surface area contributed by atoms with Crippen LogP contribution >= 0.6 is 12.2 Å². The van der Waals surface area contributed by atoms with E-state index in [-0.39, 0.29) is 0 Å². The fraction of sp³-hybridized carbons (Fsp3) is 0.500. The van der Waals surface area contributed by atoms with Crippen molar-refractivity contribution >= 4 is 22.9 Å². The van der Waals surface area contributed by atoms with E-state index in [0.29, 0.717) is 11.0 Å². The number of benzene rings is 1. The molecular weight excluding hydrogens is 228 g/mol. The largest absolute Gasteiger partial charge is 0.389 e. The van der Waals surface area contributed by atoms with Crippen molar-refractivity contribution in [3.63, 3.8) is 0 Å². The molecule has 0 saturated heterocycles. The number of anilines is 1. The molecule has 0 bridgehead atoms. The molecule has 0 aliphatic heterocycles. The topological polar surface area (TPSA) is 38.0 Å². The Morgan fingerprint density at radius 3 is 2.59 bits per heavy atom. The molecule has 0 amide bonds. The van der Waals surface area contributed by atoms with Gasteiger partial charge in [-0.2, -0.15) is 0 Å². The lowest BCUT2D eigenvalue weighted by atomic mass is 10.1. The van der Waals surface area contributed by atoms with Gasteiger partial charge in [-0.15, -0.1) is 0 Å². The maximum atomic E-state index is 5.65. The van der Waals surface area contributed by atoms with Gasteiger partial charge in [0.05, 0.1) is 0 Å². The minimum Gasteiger partial charge on any atom is -0.389 e. The first-order valence-corrected chi connectivity index (χ1v) is 6.66. The summed E-state index contributed by atoms with van der Waals surface area (Å²) in [7, 11) is 0. The molecule has 0 fully saturated rings. The summed E-state index contributed by atoms with van der Waals surface area (Å²) in [5.74, 6) is 0. The molecule has 17 heavy (non-hydrogen) atoms. The van der Waals surface area contributed by atoms with E-state index in [1.165, 1.54) is 12.8 Å². The van der Waals surface area contributed by atoms with Gasteiger partial charge in [0.25, 0.3) is 0 Å². The van der Waals surface area contributed by atoms with Gasteiger partial charge in [0.15, 0.2) is 0 Å². The highest BCUT2D eigenvalue weighted by Crippen LogP contribution is 2.18. The van der Waals surface area contributed by atoms with Crippen molar-refractivity contribution in [3.8, 4) is 0 Å². The standard InChI is InChI=1S/C14H22N2S/c1-4-6-11(5-2)16-12-7-8-13(14(15)17)10(3)9-12/h7-9,11,16H,4-6H2,1-3H3,(H2,15,17). The zero-order chi connectivity index (χ0) is 12.8. The Morgan fingerprint density at radius 1 is 1.41 bits per heavy atom. The Kier molecular flexibility index (Phi) is 5.42. The van der Waals surface area contributed by atoms with Crippen LogP contribution in [-0.4, -0.2) is 11.0 Å². The van der Waals surface area contributed by atoms with Crippen LogP contribution in [0.15, 0.2) is 18.2 Å². The molecule has 0 aliphatic carbocycles. The maximum Gasteiger partial charge on any atom is 0.104 e. The van der Waals surface area contributed by atoms with Crippen molar-refractivity contribution in [2.75, 3.05) is 5.32 Å². The molecule has 3 heteroatoms. The smallest absolute Gasteiger partial charge is 0.104 e. The summed E-state index contributed by atoms with van der Waals surface area (Å²) in [5.41, 5.74) is 8.91. The average molecular weight is 250 g/mol. The van der Waals surface area contributed by atoms with Crippen LogP contribution < -0.4 is 11.1 Å². The predicted molar refractivity (Wildman–Crippen MR) is 79.7 cm³/mol. The third-order valence-corrected chi connectivity index (χ3v) is 3.21. The molecule has 1 aromatic rings. The van der Waals surface area contributed by atoms with E-state index in [2.05, 4.69) is 31.3 Å². The first kappa shape index (κ1) is 14.0. The number of rotatable bonds is 6. The van der Waals surface area contributed by atoms with Crippen LogP contribution in [0.2, 0.25) is 0 Å². The second-order valence-electron chi connectivity index (χ2n) is 4.43. The average Bonchev–Trinajstić information content (AvgIpc) is 2.28. The van der Waals surface area contributed by atoms with E-state index >= 15 is 0 Å². The highest BCUT2D eigenvalue weighted by molar-refractivity contribution is 7.80. The minimum absolute atomic E-state index is 0.467. The predicted octanol–water partition coefficient (Wildman–Crippen LogP) is 3.62. The SMILES string of the molecule is CCCC(CC)Nc1ccc(C(N)=S)c(C)c1. The molecule has 1 rings (SSSR count). The van der Waals surface area contributed by atoms with Crippen molar-refractivity contribution in [2.45, 2.75) is 46.1 Å². The van der Waals surface area contributed by atoms with Crippen LogP contribution in [0.25, 0.3) is 0 Å². The number of nitrogens with two attached hydrogens (primary N) is 1. The number of thiocarbonyl (C=S) groups is 1. The highest BCUT2D eigenvalue weighted by Gasteiger charge is 2.06. The van der Waals surface area contributed by atoms with Crippen LogP contribution in [-0.2, 0) is 0 Å². The third kappa shape index (κ3) is 4.00. The molecule has 0 aliphatic rings. The highest BCUT2D eigenvalue weighted by atomic mass is 32.1. The normalized spacial score (nSPS) is 12.2. The second-order valence-corrected chi connectivity index (χ2v) is 4.87. The van der Waals surface area contributed by atoms with Crippen molar-refractivity contribution in [2.24, 2.45) is 5.73 Å².